The summed E-state index contributed by atoms with van der Waals surface area (Å²) < 4.78 is 4.36. The number of hydrogen-bond acceptors (Lipinski definition) is 5. The first-order valence-electron chi connectivity index (χ1n) is 4.56. The third kappa shape index (κ3) is 9.00. The van der Waals surface area contributed by atoms with Gasteiger partial charge >= 0.3 is 0 Å². The monoisotopic (exact) mass is 333 g/mol. The first-order chi connectivity index (χ1) is 7.10. The second-order valence-corrected chi connectivity index (χ2v) is 3.87. The molecule has 0 aliphatic heterocycles. The third-order valence-corrected chi connectivity index (χ3v) is 1.80. The van der Waals surface area contributed by atoms with Crippen LogP contribution in [0.15, 0.2) is 0 Å². The zero-order valence-electron chi connectivity index (χ0n) is 8.73. The van der Waals surface area contributed by atoms with Crippen LogP contribution >= 0.6 is 23.0 Å². The number of carbonyl (C=O) groups excluding carboxylic acids is 1. The van der Waals surface area contributed by atoms with Crippen molar-refractivity contribution in [2.75, 3.05) is 13.2 Å². The lowest BCUT2D eigenvalue weighted by Gasteiger charge is -2.16. The zero-order valence-corrected chi connectivity index (χ0v) is 10.9. The van der Waals surface area contributed by atoms with Gasteiger partial charge in [0.1, 0.15) is 13.2 Å². The summed E-state index contributed by atoms with van der Waals surface area (Å²) in [5, 5.41) is 10.9. The molecule has 7 heteroatoms. The van der Waals surface area contributed by atoms with Crippen molar-refractivity contribution < 1.29 is 23.0 Å². The van der Waals surface area contributed by atoms with Gasteiger partial charge in [-0.25, -0.2) is 9.78 Å². The van der Waals surface area contributed by atoms with Gasteiger partial charge in [0.15, 0.2) is 23.0 Å². The van der Waals surface area contributed by atoms with Gasteiger partial charge in [-0.05, 0) is 5.92 Å². The predicted molar refractivity (Wildman–Crippen MR) is 61.0 cm³/mol. The summed E-state index contributed by atoms with van der Waals surface area (Å²) in [6, 6.07) is -0.420. The van der Waals surface area contributed by atoms with Gasteiger partial charge in [0, 0.05) is 6.42 Å². The van der Waals surface area contributed by atoms with Crippen LogP contribution in [0, 0.1) is 5.92 Å². The second kappa shape index (κ2) is 9.28. The SMILES string of the molecule is CC(C)CC(=O)NC(COO)COOI. The molecule has 0 aliphatic rings. The third-order valence-electron chi connectivity index (χ3n) is 1.55. The van der Waals surface area contributed by atoms with Crippen molar-refractivity contribution >= 4 is 28.9 Å². The average Bonchev–Trinajstić information content (AvgIpc) is 2.13. The number of rotatable bonds is 8. The second-order valence-electron chi connectivity index (χ2n) is 3.51. The lowest BCUT2D eigenvalue weighted by molar-refractivity contribution is -0.255. The molecule has 1 amide bonds. The van der Waals surface area contributed by atoms with Gasteiger partial charge in [0.05, 0.1) is 6.04 Å². The molecule has 0 bridgehead atoms. The van der Waals surface area contributed by atoms with E-state index in [1.807, 2.05) is 13.8 Å². The largest absolute Gasteiger partial charge is 0.348 e. The van der Waals surface area contributed by atoms with Gasteiger partial charge < -0.3 is 5.32 Å². The summed E-state index contributed by atoms with van der Waals surface area (Å²) in [4.78, 5) is 19.9. The quantitative estimate of drug-likeness (QED) is 0.398. The van der Waals surface area contributed by atoms with Crippen molar-refractivity contribution in [3.8, 4) is 0 Å². The Labute approximate surface area is 103 Å². The average molecular weight is 333 g/mol. The molecule has 0 spiro atoms. The van der Waals surface area contributed by atoms with Crippen LogP contribution in [0.5, 0.6) is 0 Å². The van der Waals surface area contributed by atoms with Crippen LogP contribution < -0.4 is 5.32 Å². The number of nitrogens with one attached hydrogen (secondary N) is 1. The molecule has 0 aromatic rings. The molecular formula is C8H16INO5. The highest BCUT2D eigenvalue weighted by Gasteiger charge is 2.14. The molecule has 0 saturated heterocycles. The summed E-state index contributed by atoms with van der Waals surface area (Å²) in [5.41, 5.74) is 0. The fraction of sp³-hybridized carbons (Fsp3) is 0.875. The Balaban J connectivity index is 3.86. The molecule has 0 aliphatic carbocycles. The molecule has 0 saturated carbocycles. The van der Waals surface area contributed by atoms with E-state index in [9.17, 15) is 4.79 Å². The smallest absolute Gasteiger partial charge is 0.220 e. The molecular weight excluding hydrogens is 317 g/mol. The maximum atomic E-state index is 11.4. The van der Waals surface area contributed by atoms with Crippen molar-refractivity contribution in [1.29, 1.82) is 0 Å². The Morgan fingerprint density at radius 2 is 2.13 bits per heavy atom. The molecule has 1 atom stereocenters. The first kappa shape index (κ1) is 15.0. The minimum absolute atomic E-state index is 0.0379. The van der Waals surface area contributed by atoms with Crippen LogP contribution in [0.1, 0.15) is 20.3 Å². The Morgan fingerprint density at radius 1 is 1.47 bits per heavy atom. The van der Waals surface area contributed by atoms with Crippen LogP contribution in [0.25, 0.3) is 0 Å². The molecule has 0 fully saturated rings. The minimum Gasteiger partial charge on any atom is -0.348 e. The summed E-state index contributed by atoms with van der Waals surface area (Å²) >= 11 is 1.56. The molecule has 0 aromatic carbocycles. The van der Waals surface area contributed by atoms with Crippen molar-refractivity contribution in [1.82, 2.24) is 5.32 Å². The number of amides is 1. The van der Waals surface area contributed by atoms with Crippen molar-refractivity contribution in [2.24, 2.45) is 5.92 Å². The van der Waals surface area contributed by atoms with E-state index in [0.717, 1.165) is 0 Å². The number of hydrogen-bond donors (Lipinski definition) is 2. The fourth-order valence-corrected chi connectivity index (χ4v) is 1.13. The van der Waals surface area contributed by atoms with Crippen LogP contribution in [-0.4, -0.2) is 30.4 Å². The highest BCUT2D eigenvalue weighted by atomic mass is 127. The van der Waals surface area contributed by atoms with E-state index in [-0.39, 0.29) is 25.0 Å². The van der Waals surface area contributed by atoms with Crippen molar-refractivity contribution in [2.45, 2.75) is 26.3 Å². The topological polar surface area (TPSA) is 77.0 Å². The van der Waals surface area contributed by atoms with E-state index in [0.29, 0.717) is 6.42 Å². The van der Waals surface area contributed by atoms with Crippen molar-refractivity contribution in [3.05, 3.63) is 0 Å². The summed E-state index contributed by atoms with van der Waals surface area (Å²) in [6.07, 6.45) is 0.424. The maximum absolute atomic E-state index is 11.4. The van der Waals surface area contributed by atoms with E-state index in [2.05, 4.69) is 18.3 Å². The van der Waals surface area contributed by atoms with Crippen LogP contribution in [-0.2, 0) is 17.8 Å². The van der Waals surface area contributed by atoms with Crippen LogP contribution in [0.3, 0.4) is 0 Å². The van der Waals surface area contributed by atoms with Gasteiger partial charge in [-0.1, -0.05) is 13.8 Å². The van der Waals surface area contributed by atoms with Gasteiger partial charge in [0.2, 0.25) is 5.91 Å². The first-order valence-corrected chi connectivity index (χ1v) is 5.44. The van der Waals surface area contributed by atoms with Crippen LogP contribution in [0.4, 0.5) is 0 Å². The van der Waals surface area contributed by atoms with Crippen molar-refractivity contribution in [3.63, 3.8) is 0 Å². The minimum atomic E-state index is -0.420. The van der Waals surface area contributed by atoms with Gasteiger partial charge in [-0.2, -0.15) is 3.22 Å². The number of halogens is 1. The van der Waals surface area contributed by atoms with Gasteiger partial charge in [0.25, 0.3) is 0 Å². The molecule has 2 N–H and O–H groups in total. The Hall–Kier alpha value is 0.0400. The normalized spacial score (nSPS) is 12.9. The molecule has 6 nitrogen and oxygen atoms in total. The molecule has 1 unspecified atom stereocenters. The highest BCUT2D eigenvalue weighted by molar-refractivity contribution is 14.1. The molecule has 0 rings (SSSR count). The molecule has 0 heterocycles. The van der Waals surface area contributed by atoms with Gasteiger partial charge in [-0.3, -0.25) is 10.1 Å². The Morgan fingerprint density at radius 3 is 2.60 bits per heavy atom. The summed E-state index contributed by atoms with van der Waals surface area (Å²) in [6.45, 7) is 3.97. The van der Waals surface area contributed by atoms with E-state index in [4.69, 9.17) is 5.26 Å². The summed E-state index contributed by atoms with van der Waals surface area (Å²) in [5.74, 6) is 0.173. The standard InChI is InChI=1S/C8H16INO5/c1-6(2)3-8(11)10-7(4-13-12)5-14-15-9/h6-7,12H,3-5H2,1-2H3,(H,10,11). The van der Waals surface area contributed by atoms with E-state index in [1.165, 1.54) is 0 Å². The lowest BCUT2D eigenvalue weighted by atomic mass is 10.1. The van der Waals surface area contributed by atoms with E-state index < -0.39 is 6.04 Å². The fourth-order valence-electron chi connectivity index (χ4n) is 0.987. The molecule has 15 heavy (non-hydrogen) atoms. The summed E-state index contributed by atoms with van der Waals surface area (Å²) in [7, 11) is 0. The molecule has 0 aromatic heterocycles. The van der Waals surface area contributed by atoms with Crippen LogP contribution in [0.2, 0.25) is 0 Å². The number of carbonyl (C=O) groups is 1. The zero-order chi connectivity index (χ0) is 11.7. The lowest BCUT2D eigenvalue weighted by Crippen LogP contribution is -2.41. The van der Waals surface area contributed by atoms with E-state index in [1.54, 1.807) is 23.0 Å². The Bertz CT molecular complexity index is 178. The van der Waals surface area contributed by atoms with Gasteiger partial charge in [-0.15, -0.1) is 0 Å². The van der Waals surface area contributed by atoms with E-state index >= 15 is 0 Å². The maximum Gasteiger partial charge on any atom is 0.220 e. The predicted octanol–water partition coefficient (Wildman–Crippen LogP) is 1.31. The Kier molecular flexibility index (Phi) is 9.30. The highest BCUT2D eigenvalue weighted by Crippen LogP contribution is 2.00. The molecule has 90 valence electrons. The molecule has 0 radical (unpaired) electrons.